The molecule has 1 aromatic rings. The summed E-state index contributed by atoms with van der Waals surface area (Å²) in [5.74, 6) is -0.0785. The van der Waals surface area contributed by atoms with Crippen molar-refractivity contribution < 1.29 is 14.0 Å². The van der Waals surface area contributed by atoms with E-state index in [-0.39, 0.29) is 23.0 Å². The Labute approximate surface area is 147 Å². The summed E-state index contributed by atoms with van der Waals surface area (Å²) in [7, 11) is -1.87. The third kappa shape index (κ3) is 4.17. The molecule has 0 aliphatic heterocycles. The summed E-state index contributed by atoms with van der Waals surface area (Å²) in [5.41, 5.74) is 2.36. The Bertz CT molecular complexity index is 614. The molecule has 3 nitrogen and oxygen atoms in total. The van der Waals surface area contributed by atoms with Crippen LogP contribution in [-0.4, -0.2) is 20.9 Å². The van der Waals surface area contributed by atoms with Crippen molar-refractivity contribution in [3.05, 3.63) is 47.5 Å². The highest BCUT2D eigenvalue weighted by atomic mass is 28.4. The Morgan fingerprint density at radius 3 is 2.33 bits per heavy atom. The first-order valence-corrected chi connectivity index (χ1v) is 11.7. The normalized spacial score (nSPS) is 20.6. The van der Waals surface area contributed by atoms with Crippen molar-refractivity contribution in [1.29, 1.82) is 0 Å². The van der Waals surface area contributed by atoms with Crippen molar-refractivity contribution in [2.75, 3.05) is 6.61 Å². The molecule has 0 bridgehead atoms. The predicted molar refractivity (Wildman–Crippen MR) is 101 cm³/mol. The van der Waals surface area contributed by atoms with E-state index in [4.69, 9.17) is 9.16 Å². The lowest BCUT2D eigenvalue weighted by Crippen LogP contribution is -2.42. The van der Waals surface area contributed by atoms with Crippen LogP contribution in [0.15, 0.2) is 36.4 Å². The third-order valence-electron chi connectivity index (χ3n) is 5.14. The fourth-order valence-electron chi connectivity index (χ4n) is 2.72. The van der Waals surface area contributed by atoms with Gasteiger partial charge in [0.15, 0.2) is 8.32 Å². The zero-order chi connectivity index (χ0) is 18.0. The zero-order valence-electron chi connectivity index (χ0n) is 15.8. The average Bonchev–Trinajstić information content (AvgIpc) is 2.49. The fraction of sp³-hybridized carbons (Fsp3) is 0.550. The number of ether oxygens (including phenoxy) is 1. The SMILES string of the molecule is CCOC(=O)C[C@H]1C=CC(O[Si](C)(C)C(C)(C)C)c2ccccc21. The summed E-state index contributed by atoms with van der Waals surface area (Å²) in [6.07, 6.45) is 4.58. The first kappa shape index (κ1) is 18.9. The smallest absolute Gasteiger partial charge is 0.306 e. The lowest BCUT2D eigenvalue weighted by atomic mass is 9.84. The van der Waals surface area contributed by atoms with Crippen molar-refractivity contribution >= 4 is 14.3 Å². The number of benzene rings is 1. The Morgan fingerprint density at radius 2 is 1.75 bits per heavy atom. The van der Waals surface area contributed by atoms with E-state index in [1.54, 1.807) is 0 Å². The van der Waals surface area contributed by atoms with E-state index in [0.29, 0.717) is 13.0 Å². The van der Waals surface area contributed by atoms with Crippen molar-refractivity contribution in [3.63, 3.8) is 0 Å². The largest absolute Gasteiger partial charge is 0.466 e. The predicted octanol–water partition coefficient (Wildman–Crippen LogP) is 5.36. The standard InChI is InChI=1S/C20H30O3Si/c1-7-22-19(21)14-15-12-13-18(17-11-9-8-10-16(15)17)23-24(5,6)20(2,3)4/h8-13,15,18H,7,14H2,1-6H3/t15-,18?/m1/s1. The van der Waals surface area contributed by atoms with Gasteiger partial charge < -0.3 is 9.16 Å². The molecule has 4 heteroatoms. The van der Waals surface area contributed by atoms with Gasteiger partial charge in [0.05, 0.1) is 19.1 Å². The Kier molecular flexibility index (Phi) is 5.71. The van der Waals surface area contributed by atoms with Gasteiger partial charge in [-0.15, -0.1) is 0 Å². The monoisotopic (exact) mass is 346 g/mol. The molecule has 24 heavy (non-hydrogen) atoms. The first-order valence-electron chi connectivity index (χ1n) is 8.76. The summed E-state index contributed by atoms with van der Waals surface area (Å²) < 4.78 is 11.7. The molecule has 132 valence electrons. The van der Waals surface area contributed by atoms with Crippen molar-refractivity contribution in [2.24, 2.45) is 0 Å². The minimum atomic E-state index is -1.87. The van der Waals surface area contributed by atoms with Crippen LogP contribution in [0.2, 0.25) is 18.1 Å². The Balaban J connectivity index is 2.25. The highest BCUT2D eigenvalue weighted by Crippen LogP contribution is 2.43. The molecular formula is C20H30O3Si. The van der Waals surface area contributed by atoms with Crippen molar-refractivity contribution in [1.82, 2.24) is 0 Å². The summed E-state index contributed by atoms with van der Waals surface area (Å²) in [6.45, 7) is 13.6. The molecule has 0 radical (unpaired) electrons. The van der Waals surface area contributed by atoms with Crippen LogP contribution < -0.4 is 0 Å². The Hall–Kier alpha value is -1.39. The molecule has 0 saturated heterocycles. The van der Waals surface area contributed by atoms with Gasteiger partial charge >= 0.3 is 5.97 Å². The lowest BCUT2D eigenvalue weighted by molar-refractivity contribution is -0.143. The third-order valence-corrected chi connectivity index (χ3v) is 9.60. The number of allylic oxidation sites excluding steroid dienone is 1. The molecule has 0 aromatic heterocycles. The fourth-order valence-corrected chi connectivity index (χ4v) is 3.92. The van der Waals surface area contributed by atoms with E-state index in [9.17, 15) is 4.79 Å². The van der Waals surface area contributed by atoms with Gasteiger partial charge in [-0.2, -0.15) is 0 Å². The van der Waals surface area contributed by atoms with Crippen LogP contribution in [0.5, 0.6) is 0 Å². The summed E-state index contributed by atoms with van der Waals surface area (Å²) >= 11 is 0. The second-order valence-electron chi connectivity index (χ2n) is 7.93. The molecule has 0 spiro atoms. The van der Waals surface area contributed by atoms with Gasteiger partial charge in [0.25, 0.3) is 0 Å². The van der Waals surface area contributed by atoms with Crippen LogP contribution in [0, 0.1) is 0 Å². The molecule has 0 saturated carbocycles. The molecule has 1 unspecified atom stereocenters. The number of fused-ring (bicyclic) bond motifs is 1. The molecule has 1 aliphatic rings. The maximum atomic E-state index is 11.9. The maximum Gasteiger partial charge on any atom is 0.306 e. The number of carbonyl (C=O) groups excluding carboxylic acids is 1. The van der Waals surface area contributed by atoms with E-state index in [1.807, 2.05) is 19.1 Å². The molecule has 1 aliphatic carbocycles. The minimum Gasteiger partial charge on any atom is -0.466 e. The van der Waals surface area contributed by atoms with E-state index >= 15 is 0 Å². The van der Waals surface area contributed by atoms with Crippen LogP contribution >= 0.6 is 0 Å². The first-order chi connectivity index (χ1) is 11.2. The lowest BCUT2D eigenvalue weighted by Gasteiger charge is -2.40. The van der Waals surface area contributed by atoms with E-state index in [1.165, 1.54) is 11.1 Å². The molecule has 2 rings (SSSR count). The molecule has 0 heterocycles. The number of hydrogen-bond acceptors (Lipinski definition) is 3. The summed E-state index contributed by atoms with van der Waals surface area (Å²) in [4.78, 5) is 11.9. The molecule has 0 amide bonds. The number of carbonyl (C=O) groups is 1. The maximum absolute atomic E-state index is 11.9. The second kappa shape index (κ2) is 7.24. The van der Waals surface area contributed by atoms with Gasteiger partial charge in [0.2, 0.25) is 0 Å². The highest BCUT2D eigenvalue weighted by Gasteiger charge is 2.40. The molecule has 0 N–H and O–H groups in total. The zero-order valence-corrected chi connectivity index (χ0v) is 16.8. The quantitative estimate of drug-likeness (QED) is 0.409. The van der Waals surface area contributed by atoms with E-state index in [0.717, 1.165) is 0 Å². The average molecular weight is 347 g/mol. The molecule has 1 aromatic carbocycles. The van der Waals surface area contributed by atoms with Gasteiger partial charge in [0.1, 0.15) is 0 Å². The van der Waals surface area contributed by atoms with Gasteiger partial charge in [-0.1, -0.05) is 57.2 Å². The van der Waals surface area contributed by atoms with Gasteiger partial charge in [-0.25, -0.2) is 0 Å². The van der Waals surface area contributed by atoms with Crippen LogP contribution in [0.3, 0.4) is 0 Å². The number of esters is 1. The van der Waals surface area contributed by atoms with Crippen molar-refractivity contribution in [3.8, 4) is 0 Å². The van der Waals surface area contributed by atoms with Gasteiger partial charge in [-0.05, 0) is 36.2 Å². The topological polar surface area (TPSA) is 35.5 Å². The van der Waals surface area contributed by atoms with Crippen molar-refractivity contribution in [2.45, 2.75) is 64.3 Å². The van der Waals surface area contributed by atoms with Crippen LogP contribution in [0.4, 0.5) is 0 Å². The number of rotatable bonds is 5. The van der Waals surface area contributed by atoms with Crippen LogP contribution in [0.1, 0.15) is 57.3 Å². The number of hydrogen-bond donors (Lipinski definition) is 0. The molecule has 2 atom stereocenters. The van der Waals surface area contributed by atoms with Crippen LogP contribution in [0.25, 0.3) is 0 Å². The molecular weight excluding hydrogens is 316 g/mol. The van der Waals surface area contributed by atoms with Crippen LogP contribution in [-0.2, 0) is 14.0 Å². The van der Waals surface area contributed by atoms with E-state index in [2.05, 4.69) is 58.2 Å². The Morgan fingerprint density at radius 1 is 1.12 bits per heavy atom. The minimum absolute atomic E-state index is 0.0273. The summed E-state index contributed by atoms with van der Waals surface area (Å²) in [5, 5.41) is 0.164. The van der Waals surface area contributed by atoms with E-state index < -0.39 is 8.32 Å². The molecule has 0 fully saturated rings. The summed E-state index contributed by atoms with van der Waals surface area (Å²) in [6, 6.07) is 8.29. The van der Waals surface area contributed by atoms with Gasteiger partial charge in [-0.3, -0.25) is 4.79 Å². The van der Waals surface area contributed by atoms with Gasteiger partial charge in [0, 0.05) is 5.92 Å². The highest BCUT2D eigenvalue weighted by molar-refractivity contribution is 6.74. The second-order valence-corrected chi connectivity index (χ2v) is 12.7.